The van der Waals surface area contributed by atoms with Crippen LogP contribution in [0, 0.1) is 0 Å². The molecule has 40 heavy (non-hydrogen) atoms. The zero-order valence-electron chi connectivity index (χ0n) is 20.5. The minimum atomic E-state index is -5.08. The van der Waals surface area contributed by atoms with Gasteiger partial charge < -0.3 is 15.4 Å². The second kappa shape index (κ2) is 11.9. The van der Waals surface area contributed by atoms with Gasteiger partial charge in [-0.2, -0.15) is 26.3 Å². The highest BCUT2D eigenvalue weighted by Gasteiger charge is 2.38. The average Bonchev–Trinajstić information content (AvgIpc) is 3.56. The number of carbonyl (C=O) groups is 1. The number of H-pyrrole nitrogens is 1. The first-order chi connectivity index (χ1) is 18.9. The van der Waals surface area contributed by atoms with Gasteiger partial charge in [0.25, 0.3) is 0 Å². The van der Waals surface area contributed by atoms with Gasteiger partial charge >= 0.3 is 18.3 Å². The van der Waals surface area contributed by atoms with Gasteiger partial charge in [-0.15, -0.1) is 11.3 Å². The van der Waals surface area contributed by atoms with Crippen LogP contribution in [0.4, 0.5) is 26.3 Å². The molecule has 0 fully saturated rings. The molecule has 0 unspecified atom stereocenters. The van der Waals surface area contributed by atoms with E-state index in [0.29, 0.717) is 16.9 Å². The van der Waals surface area contributed by atoms with Crippen LogP contribution < -0.4 is 5.32 Å². The summed E-state index contributed by atoms with van der Waals surface area (Å²) in [6, 6.07) is 26.1. The summed E-state index contributed by atoms with van der Waals surface area (Å²) in [5, 5.41) is 10.6. The van der Waals surface area contributed by atoms with Crippen molar-refractivity contribution < 1.29 is 36.2 Å². The Morgan fingerprint density at radius 1 is 0.825 bits per heavy atom. The number of nitrogens with one attached hydrogen (secondary N) is 2. The zero-order valence-corrected chi connectivity index (χ0v) is 21.3. The minimum Gasteiger partial charge on any atom is -0.475 e. The lowest BCUT2D eigenvalue weighted by molar-refractivity contribution is -0.192. The maximum Gasteiger partial charge on any atom is 0.490 e. The van der Waals surface area contributed by atoms with Crippen LogP contribution in [-0.4, -0.2) is 27.2 Å². The lowest BCUT2D eigenvalue weighted by Crippen LogP contribution is -2.21. The van der Waals surface area contributed by atoms with Crippen LogP contribution in [0.2, 0.25) is 0 Å². The topological polar surface area (TPSA) is 78.0 Å². The number of aliphatic carboxylic acids is 1. The Hall–Kier alpha value is -4.16. The second-order valence-electron chi connectivity index (χ2n) is 8.57. The van der Waals surface area contributed by atoms with Crippen LogP contribution >= 0.6 is 11.3 Å². The van der Waals surface area contributed by atoms with E-state index in [4.69, 9.17) is 9.90 Å². The van der Waals surface area contributed by atoms with E-state index in [0.717, 1.165) is 40.5 Å². The molecule has 0 aliphatic carbocycles. The number of carboxylic acid groups (broad SMARTS) is 1. The molecule has 0 amide bonds. The summed E-state index contributed by atoms with van der Waals surface area (Å²) in [7, 11) is 0. The fourth-order valence-corrected chi connectivity index (χ4v) is 4.65. The first-order valence-electron chi connectivity index (χ1n) is 11.7. The average molecular weight is 578 g/mol. The predicted octanol–water partition coefficient (Wildman–Crippen LogP) is 7.90. The highest BCUT2D eigenvalue weighted by Crippen LogP contribution is 2.36. The Labute approximate surface area is 228 Å². The molecular formula is C28H21F6N3O2S. The van der Waals surface area contributed by atoms with Crippen LogP contribution in [0.5, 0.6) is 0 Å². The van der Waals surface area contributed by atoms with Crippen molar-refractivity contribution in [1.29, 1.82) is 0 Å². The highest BCUT2D eigenvalue weighted by atomic mass is 32.1. The number of nitrogens with zero attached hydrogens (tertiary/aromatic N) is 1. The van der Waals surface area contributed by atoms with Gasteiger partial charge in [0.15, 0.2) is 0 Å². The van der Waals surface area contributed by atoms with Gasteiger partial charge in [-0.25, -0.2) is 9.78 Å². The molecule has 208 valence electrons. The Kier molecular flexibility index (Phi) is 8.60. The van der Waals surface area contributed by atoms with E-state index in [1.165, 1.54) is 17.2 Å². The molecule has 0 radical (unpaired) electrons. The van der Waals surface area contributed by atoms with Crippen LogP contribution in [0.1, 0.15) is 16.7 Å². The standard InChI is InChI=1S/C26H20F3N3S.C2HF3O2/c27-26(28,29)20-9-10-21-22(14-20)32-25(31-21)24-12-11-23(33-24)19-8-4-7-18(13-19)16-30-15-17-5-2-1-3-6-17;3-2(4,5)1(6)7/h1-14,30H,15-16H2,(H,31,32);(H,6,7). The Morgan fingerprint density at radius 3 is 2.15 bits per heavy atom. The summed E-state index contributed by atoms with van der Waals surface area (Å²) >= 11 is 1.56. The van der Waals surface area contributed by atoms with E-state index in [2.05, 4.69) is 45.6 Å². The summed E-state index contributed by atoms with van der Waals surface area (Å²) < 4.78 is 70.7. The van der Waals surface area contributed by atoms with Crippen molar-refractivity contribution in [1.82, 2.24) is 15.3 Å². The number of benzene rings is 3. The number of rotatable bonds is 6. The smallest absolute Gasteiger partial charge is 0.475 e. The van der Waals surface area contributed by atoms with Gasteiger partial charge in [0.2, 0.25) is 0 Å². The number of fused-ring (bicyclic) bond motifs is 1. The molecule has 0 saturated carbocycles. The molecule has 5 rings (SSSR count). The maximum atomic E-state index is 13.0. The lowest BCUT2D eigenvalue weighted by atomic mass is 10.1. The number of hydrogen-bond donors (Lipinski definition) is 3. The molecule has 2 heterocycles. The third-order valence-corrected chi connectivity index (χ3v) is 6.74. The molecule has 12 heteroatoms. The summed E-state index contributed by atoms with van der Waals surface area (Å²) in [5.41, 5.74) is 3.72. The maximum absolute atomic E-state index is 13.0. The Morgan fingerprint density at radius 2 is 1.48 bits per heavy atom. The molecule has 5 aromatic rings. The largest absolute Gasteiger partial charge is 0.490 e. The molecule has 0 bridgehead atoms. The molecule has 0 atom stereocenters. The molecule has 5 nitrogen and oxygen atoms in total. The third kappa shape index (κ3) is 7.48. The first kappa shape index (κ1) is 28.8. The number of carboxylic acids is 1. The number of halogens is 6. The van der Waals surface area contributed by atoms with Crippen LogP contribution in [0.3, 0.4) is 0 Å². The Balaban J connectivity index is 0.000000470. The number of imidazole rings is 1. The predicted molar refractivity (Wildman–Crippen MR) is 141 cm³/mol. The van der Waals surface area contributed by atoms with Crippen molar-refractivity contribution in [3.63, 3.8) is 0 Å². The van der Waals surface area contributed by atoms with Crippen molar-refractivity contribution in [2.24, 2.45) is 0 Å². The molecule has 0 spiro atoms. The van der Waals surface area contributed by atoms with Gasteiger partial charge in [0, 0.05) is 18.0 Å². The van der Waals surface area contributed by atoms with E-state index in [-0.39, 0.29) is 0 Å². The lowest BCUT2D eigenvalue weighted by Gasteiger charge is -2.07. The van der Waals surface area contributed by atoms with Gasteiger partial charge in [0.1, 0.15) is 5.82 Å². The zero-order chi connectivity index (χ0) is 28.9. The molecule has 3 aromatic carbocycles. The van der Waals surface area contributed by atoms with Crippen LogP contribution in [0.25, 0.3) is 32.2 Å². The fourth-order valence-electron chi connectivity index (χ4n) is 3.70. The van der Waals surface area contributed by atoms with Crippen LogP contribution in [-0.2, 0) is 24.1 Å². The van der Waals surface area contributed by atoms with Gasteiger partial charge in [-0.05, 0) is 53.1 Å². The van der Waals surface area contributed by atoms with Gasteiger partial charge in [-0.3, -0.25) is 0 Å². The summed E-state index contributed by atoms with van der Waals surface area (Å²) in [6.45, 7) is 1.56. The quantitative estimate of drug-likeness (QED) is 0.179. The van der Waals surface area contributed by atoms with Gasteiger partial charge in [-0.1, -0.05) is 48.5 Å². The summed E-state index contributed by atoms with van der Waals surface area (Å²) in [6.07, 6.45) is -9.46. The Bertz CT molecular complexity index is 1590. The van der Waals surface area contributed by atoms with Gasteiger partial charge in [0.05, 0.1) is 21.5 Å². The minimum absolute atomic E-state index is 0.376. The molecule has 2 aromatic heterocycles. The number of aromatic amines is 1. The molecule has 0 aliphatic heterocycles. The molecule has 3 N–H and O–H groups in total. The SMILES string of the molecule is FC(F)(F)c1ccc2nc(-c3ccc(-c4cccc(CNCc5ccccc5)c4)s3)[nH]c2c1.O=C(O)C(F)(F)F. The third-order valence-electron chi connectivity index (χ3n) is 5.60. The number of aromatic nitrogens is 2. The normalized spacial score (nSPS) is 11.8. The first-order valence-corrected chi connectivity index (χ1v) is 12.5. The van der Waals surface area contributed by atoms with Crippen molar-refractivity contribution in [3.05, 3.63) is 102 Å². The molecule has 0 saturated heterocycles. The number of thiophene rings is 1. The molecule has 0 aliphatic rings. The monoisotopic (exact) mass is 577 g/mol. The second-order valence-corrected chi connectivity index (χ2v) is 9.66. The van der Waals surface area contributed by atoms with Crippen molar-refractivity contribution in [2.45, 2.75) is 25.4 Å². The van der Waals surface area contributed by atoms with E-state index >= 15 is 0 Å². The highest BCUT2D eigenvalue weighted by molar-refractivity contribution is 7.18. The van der Waals surface area contributed by atoms with E-state index in [1.54, 1.807) is 11.3 Å². The van der Waals surface area contributed by atoms with Crippen molar-refractivity contribution >= 4 is 28.3 Å². The number of alkyl halides is 6. The van der Waals surface area contributed by atoms with E-state index in [9.17, 15) is 26.3 Å². The van der Waals surface area contributed by atoms with E-state index < -0.39 is 23.9 Å². The fraction of sp³-hybridized carbons (Fsp3) is 0.143. The summed E-state index contributed by atoms with van der Waals surface area (Å²) in [4.78, 5) is 18.4. The number of hydrogen-bond acceptors (Lipinski definition) is 4. The summed E-state index contributed by atoms with van der Waals surface area (Å²) in [5.74, 6) is -2.19. The van der Waals surface area contributed by atoms with E-state index in [1.807, 2.05) is 36.4 Å². The van der Waals surface area contributed by atoms with Crippen LogP contribution in [0.15, 0.2) is 84.9 Å². The molecular weight excluding hydrogens is 556 g/mol. The van der Waals surface area contributed by atoms with Crippen molar-refractivity contribution in [3.8, 4) is 21.1 Å². The van der Waals surface area contributed by atoms with Crippen molar-refractivity contribution in [2.75, 3.05) is 0 Å².